The first-order valence-electron chi connectivity index (χ1n) is 7.64. The summed E-state index contributed by atoms with van der Waals surface area (Å²) in [7, 11) is 0. The number of benzene rings is 1. The summed E-state index contributed by atoms with van der Waals surface area (Å²) in [6, 6.07) is 6.44. The van der Waals surface area contributed by atoms with Gasteiger partial charge in [0.05, 0.1) is 12.1 Å². The molecule has 0 aliphatic rings. The van der Waals surface area contributed by atoms with Crippen molar-refractivity contribution in [2.45, 2.75) is 32.9 Å². The number of alkyl carbamates (subject to hydrolysis) is 1. The van der Waals surface area contributed by atoms with Crippen molar-refractivity contribution in [3.63, 3.8) is 0 Å². The fraction of sp³-hybridized carbons (Fsp3) is 0.389. The van der Waals surface area contributed by atoms with Crippen LogP contribution in [0.4, 0.5) is 4.79 Å². The molecule has 25 heavy (non-hydrogen) atoms. The average molecular weight is 346 g/mol. The zero-order chi connectivity index (χ0) is 18.9. The molecule has 134 valence electrons. The maximum absolute atomic E-state index is 11.8. The smallest absolute Gasteiger partial charge is 0.407 e. The molecule has 7 heteroatoms. The Morgan fingerprint density at radius 3 is 2.32 bits per heavy atom. The number of nitrogens with one attached hydrogen (secondary N) is 2. The van der Waals surface area contributed by atoms with Crippen LogP contribution in [0, 0.1) is 12.3 Å². The minimum atomic E-state index is -0.623. The number of esters is 1. The van der Waals surface area contributed by atoms with E-state index >= 15 is 0 Å². The summed E-state index contributed by atoms with van der Waals surface area (Å²) in [6.07, 6.45) is 4.49. The lowest BCUT2D eigenvalue weighted by atomic mass is 10.1. The second kappa shape index (κ2) is 9.33. The largest absolute Gasteiger partial charge is 0.452 e. The molecule has 2 N–H and O–H groups in total. The molecule has 1 aromatic carbocycles. The number of hydrogen-bond donors (Lipinski definition) is 2. The van der Waals surface area contributed by atoms with Gasteiger partial charge in [-0.2, -0.15) is 0 Å². The van der Waals surface area contributed by atoms with Gasteiger partial charge >= 0.3 is 12.1 Å². The van der Waals surface area contributed by atoms with Crippen molar-refractivity contribution < 1.29 is 23.9 Å². The minimum absolute atomic E-state index is 0.0791. The third-order valence-corrected chi connectivity index (χ3v) is 2.75. The van der Waals surface area contributed by atoms with Crippen LogP contribution in [0.1, 0.15) is 36.7 Å². The molecule has 0 aliphatic carbocycles. The summed E-state index contributed by atoms with van der Waals surface area (Å²) >= 11 is 0. The number of ether oxygens (including phenoxy) is 2. The van der Waals surface area contributed by atoms with Crippen LogP contribution in [0.25, 0.3) is 0 Å². The van der Waals surface area contributed by atoms with Gasteiger partial charge in [0.1, 0.15) is 5.60 Å². The fourth-order valence-corrected chi connectivity index (χ4v) is 1.66. The Hall–Kier alpha value is -3.01. The van der Waals surface area contributed by atoms with Gasteiger partial charge in [-0.3, -0.25) is 4.79 Å². The van der Waals surface area contributed by atoms with Crippen molar-refractivity contribution in [3.8, 4) is 12.3 Å². The maximum atomic E-state index is 11.8. The number of amides is 2. The maximum Gasteiger partial charge on any atom is 0.407 e. The molecule has 1 aromatic rings. The molecule has 0 saturated carbocycles. The normalized spacial score (nSPS) is 10.3. The van der Waals surface area contributed by atoms with Crippen LogP contribution >= 0.6 is 0 Å². The van der Waals surface area contributed by atoms with E-state index in [1.807, 2.05) is 0 Å². The third kappa shape index (κ3) is 8.42. The summed E-state index contributed by atoms with van der Waals surface area (Å²) in [5, 5.41) is 5.00. The number of terminal acetylenes is 1. The first-order chi connectivity index (χ1) is 11.7. The van der Waals surface area contributed by atoms with Crippen molar-refractivity contribution in [1.82, 2.24) is 10.6 Å². The van der Waals surface area contributed by atoms with E-state index in [0.717, 1.165) is 5.56 Å². The highest BCUT2D eigenvalue weighted by Gasteiger charge is 2.15. The Labute approximate surface area is 147 Å². The molecular weight excluding hydrogens is 324 g/mol. The first kappa shape index (κ1) is 20.0. The van der Waals surface area contributed by atoms with Gasteiger partial charge < -0.3 is 20.1 Å². The van der Waals surface area contributed by atoms with Crippen LogP contribution in [0.15, 0.2) is 24.3 Å². The van der Waals surface area contributed by atoms with Gasteiger partial charge in [-0.05, 0) is 38.5 Å². The third-order valence-electron chi connectivity index (χ3n) is 2.75. The number of rotatable bonds is 6. The van der Waals surface area contributed by atoms with Gasteiger partial charge in [0.15, 0.2) is 6.61 Å². The molecule has 0 aliphatic heterocycles. The quantitative estimate of drug-likeness (QED) is 0.603. The lowest BCUT2D eigenvalue weighted by Crippen LogP contribution is -2.32. The Bertz CT molecular complexity index is 654. The molecule has 0 radical (unpaired) electrons. The van der Waals surface area contributed by atoms with Crippen molar-refractivity contribution in [2.75, 3.05) is 13.2 Å². The average Bonchev–Trinajstić information content (AvgIpc) is 2.55. The van der Waals surface area contributed by atoms with Gasteiger partial charge in [0.25, 0.3) is 5.91 Å². The molecule has 0 saturated heterocycles. The van der Waals surface area contributed by atoms with E-state index < -0.39 is 30.2 Å². The highest BCUT2D eigenvalue weighted by Crippen LogP contribution is 2.08. The Morgan fingerprint density at radius 1 is 1.12 bits per heavy atom. The number of hydrogen-bond acceptors (Lipinski definition) is 5. The SMILES string of the molecule is C#CCNC(=O)COC(=O)c1ccc(CNC(=O)OC(C)(C)C)cc1. The highest BCUT2D eigenvalue weighted by molar-refractivity contribution is 5.91. The Morgan fingerprint density at radius 2 is 1.76 bits per heavy atom. The van der Waals surface area contributed by atoms with Gasteiger partial charge in [0.2, 0.25) is 0 Å². The second-order valence-electron chi connectivity index (χ2n) is 6.11. The fourth-order valence-electron chi connectivity index (χ4n) is 1.66. The van der Waals surface area contributed by atoms with Gasteiger partial charge in [-0.25, -0.2) is 9.59 Å². The topological polar surface area (TPSA) is 93.7 Å². The monoisotopic (exact) mass is 346 g/mol. The summed E-state index contributed by atoms with van der Waals surface area (Å²) < 4.78 is 10.00. The Kier molecular flexibility index (Phi) is 7.47. The van der Waals surface area contributed by atoms with E-state index in [9.17, 15) is 14.4 Å². The second-order valence-corrected chi connectivity index (χ2v) is 6.11. The molecule has 2 amide bonds. The van der Waals surface area contributed by atoms with Gasteiger partial charge in [-0.15, -0.1) is 6.42 Å². The molecule has 7 nitrogen and oxygen atoms in total. The molecule has 0 atom stereocenters. The predicted molar refractivity (Wildman–Crippen MR) is 91.6 cm³/mol. The van der Waals surface area contributed by atoms with Crippen molar-refractivity contribution >= 4 is 18.0 Å². The molecule has 1 rings (SSSR count). The van der Waals surface area contributed by atoms with Crippen molar-refractivity contribution in [3.05, 3.63) is 35.4 Å². The van der Waals surface area contributed by atoms with Crippen molar-refractivity contribution in [2.24, 2.45) is 0 Å². The van der Waals surface area contributed by atoms with Crippen LogP contribution in [0.5, 0.6) is 0 Å². The number of carbonyl (C=O) groups excluding carboxylic acids is 3. The number of carbonyl (C=O) groups is 3. The Balaban J connectivity index is 2.45. The van der Waals surface area contributed by atoms with Crippen LogP contribution in [-0.4, -0.2) is 36.7 Å². The van der Waals surface area contributed by atoms with Gasteiger partial charge in [0, 0.05) is 6.54 Å². The molecule has 0 fully saturated rings. The van der Waals surface area contributed by atoms with Gasteiger partial charge in [-0.1, -0.05) is 18.1 Å². The van der Waals surface area contributed by atoms with Crippen LogP contribution in [0.3, 0.4) is 0 Å². The predicted octanol–water partition coefficient (Wildman–Crippen LogP) is 1.62. The highest BCUT2D eigenvalue weighted by atomic mass is 16.6. The zero-order valence-electron chi connectivity index (χ0n) is 14.5. The van der Waals surface area contributed by atoms with E-state index in [1.54, 1.807) is 45.0 Å². The van der Waals surface area contributed by atoms with Crippen LogP contribution < -0.4 is 10.6 Å². The van der Waals surface area contributed by atoms with E-state index in [1.165, 1.54) is 0 Å². The van der Waals surface area contributed by atoms with E-state index in [-0.39, 0.29) is 13.1 Å². The van der Waals surface area contributed by atoms with Crippen LogP contribution in [0.2, 0.25) is 0 Å². The summed E-state index contributed by atoms with van der Waals surface area (Å²) in [4.78, 5) is 34.7. The summed E-state index contributed by atoms with van der Waals surface area (Å²) in [6.45, 7) is 5.27. The molecule has 0 heterocycles. The lowest BCUT2D eigenvalue weighted by molar-refractivity contribution is -0.123. The molecular formula is C18H22N2O5. The molecule has 0 aromatic heterocycles. The summed E-state index contributed by atoms with van der Waals surface area (Å²) in [5.41, 5.74) is 0.518. The molecule has 0 unspecified atom stereocenters. The van der Waals surface area contributed by atoms with E-state index in [4.69, 9.17) is 15.9 Å². The van der Waals surface area contributed by atoms with Crippen molar-refractivity contribution in [1.29, 1.82) is 0 Å². The minimum Gasteiger partial charge on any atom is -0.452 e. The van der Waals surface area contributed by atoms with E-state index in [0.29, 0.717) is 5.56 Å². The van der Waals surface area contributed by atoms with Crippen LogP contribution in [-0.2, 0) is 20.8 Å². The lowest BCUT2D eigenvalue weighted by Gasteiger charge is -2.19. The van der Waals surface area contributed by atoms with E-state index in [2.05, 4.69) is 16.6 Å². The zero-order valence-corrected chi connectivity index (χ0v) is 14.5. The molecule has 0 bridgehead atoms. The standard InChI is InChI=1S/C18H22N2O5/c1-5-10-19-15(21)12-24-16(22)14-8-6-13(7-9-14)11-20-17(23)25-18(2,3)4/h1,6-9H,10-12H2,2-4H3,(H,19,21)(H,20,23). The first-order valence-corrected chi connectivity index (χ1v) is 7.64. The molecule has 0 spiro atoms. The summed E-state index contributed by atoms with van der Waals surface area (Å²) in [5.74, 6) is 1.15.